The predicted octanol–water partition coefficient (Wildman–Crippen LogP) is 5.40. The minimum atomic E-state index is -0.603. The molecule has 1 amide bonds. The molecule has 0 unspecified atom stereocenters. The number of hydrogen-bond acceptors (Lipinski definition) is 5. The number of benzene rings is 3. The van der Waals surface area contributed by atoms with Gasteiger partial charge in [0, 0.05) is 5.02 Å². The summed E-state index contributed by atoms with van der Waals surface area (Å²) in [4.78, 5) is 24.0. The van der Waals surface area contributed by atoms with Crippen LogP contribution in [0.15, 0.2) is 71.8 Å². The molecule has 158 valence electrons. The first-order chi connectivity index (χ1) is 14.9. The summed E-state index contributed by atoms with van der Waals surface area (Å²) in [6, 6.07) is 17.9. The highest BCUT2D eigenvalue weighted by Crippen LogP contribution is 2.23. The fraction of sp³-hybridized carbons (Fsp3) is 0.0455. The second kappa shape index (κ2) is 10.8. The van der Waals surface area contributed by atoms with Crippen molar-refractivity contribution in [2.75, 3.05) is 6.61 Å². The summed E-state index contributed by atoms with van der Waals surface area (Å²) in [5.41, 5.74) is 3.24. The molecular weight excluding hydrogens is 463 g/mol. The monoisotopic (exact) mass is 476 g/mol. The number of halogens is 3. The van der Waals surface area contributed by atoms with E-state index in [4.69, 9.17) is 44.3 Å². The molecule has 0 aliphatic rings. The minimum absolute atomic E-state index is 0.204. The lowest BCUT2D eigenvalue weighted by Crippen LogP contribution is -2.24. The predicted molar refractivity (Wildman–Crippen MR) is 121 cm³/mol. The van der Waals surface area contributed by atoms with E-state index in [1.807, 2.05) is 0 Å². The Morgan fingerprint density at radius 1 is 0.935 bits per heavy atom. The molecule has 0 aliphatic carbocycles. The summed E-state index contributed by atoms with van der Waals surface area (Å²) >= 11 is 17.8. The van der Waals surface area contributed by atoms with E-state index in [1.54, 1.807) is 54.6 Å². The molecule has 0 fully saturated rings. The lowest BCUT2D eigenvalue weighted by atomic mass is 10.2. The van der Waals surface area contributed by atoms with Crippen molar-refractivity contribution >= 4 is 52.9 Å². The first-order valence-electron chi connectivity index (χ1n) is 8.89. The van der Waals surface area contributed by atoms with Gasteiger partial charge >= 0.3 is 5.97 Å². The zero-order valence-electron chi connectivity index (χ0n) is 15.8. The summed E-state index contributed by atoms with van der Waals surface area (Å²) in [6.07, 6.45) is 1.44. The minimum Gasteiger partial charge on any atom is -0.482 e. The SMILES string of the molecule is O=C(COc1ccccc1Cl)N/N=C/c1ccc(OC(=O)c2ccc(Cl)cc2Cl)cc1. The third-order valence-electron chi connectivity index (χ3n) is 3.84. The van der Waals surface area contributed by atoms with E-state index in [2.05, 4.69) is 10.5 Å². The van der Waals surface area contributed by atoms with E-state index in [0.29, 0.717) is 27.1 Å². The van der Waals surface area contributed by atoms with Gasteiger partial charge in [0.1, 0.15) is 11.5 Å². The number of rotatable bonds is 7. The Bertz CT molecular complexity index is 1120. The Kier molecular flexibility index (Phi) is 7.89. The molecule has 6 nitrogen and oxygen atoms in total. The van der Waals surface area contributed by atoms with Gasteiger partial charge in [0.25, 0.3) is 5.91 Å². The van der Waals surface area contributed by atoms with Crippen LogP contribution in [-0.2, 0) is 4.79 Å². The zero-order valence-corrected chi connectivity index (χ0v) is 18.1. The number of hydrogen-bond donors (Lipinski definition) is 1. The number of amides is 1. The summed E-state index contributed by atoms with van der Waals surface area (Å²) < 4.78 is 10.6. The van der Waals surface area contributed by atoms with Crippen molar-refractivity contribution in [2.45, 2.75) is 0 Å². The van der Waals surface area contributed by atoms with Gasteiger partial charge in [-0.3, -0.25) is 4.79 Å². The Morgan fingerprint density at radius 3 is 2.39 bits per heavy atom. The van der Waals surface area contributed by atoms with E-state index < -0.39 is 11.9 Å². The summed E-state index contributed by atoms with van der Waals surface area (Å²) in [6.45, 7) is -0.233. The van der Waals surface area contributed by atoms with Crippen LogP contribution in [0.3, 0.4) is 0 Å². The van der Waals surface area contributed by atoms with Crippen LogP contribution in [-0.4, -0.2) is 24.7 Å². The van der Waals surface area contributed by atoms with Gasteiger partial charge < -0.3 is 9.47 Å². The molecule has 0 heterocycles. The van der Waals surface area contributed by atoms with Crippen LogP contribution in [0.5, 0.6) is 11.5 Å². The van der Waals surface area contributed by atoms with E-state index in [-0.39, 0.29) is 17.2 Å². The lowest BCUT2D eigenvalue weighted by molar-refractivity contribution is -0.123. The van der Waals surface area contributed by atoms with Crippen molar-refractivity contribution < 1.29 is 19.1 Å². The van der Waals surface area contributed by atoms with Crippen molar-refractivity contribution in [3.63, 3.8) is 0 Å². The third-order valence-corrected chi connectivity index (χ3v) is 4.70. The highest BCUT2D eigenvalue weighted by Gasteiger charge is 2.13. The topological polar surface area (TPSA) is 77.0 Å². The van der Waals surface area contributed by atoms with Crippen molar-refractivity contribution in [1.29, 1.82) is 0 Å². The Balaban J connectivity index is 1.49. The van der Waals surface area contributed by atoms with Gasteiger partial charge in [-0.15, -0.1) is 0 Å². The van der Waals surface area contributed by atoms with Crippen LogP contribution in [0.1, 0.15) is 15.9 Å². The van der Waals surface area contributed by atoms with E-state index in [1.165, 1.54) is 18.3 Å². The number of para-hydroxylation sites is 1. The fourth-order valence-corrected chi connectivity index (χ4v) is 3.03. The van der Waals surface area contributed by atoms with Crippen LogP contribution in [0.4, 0.5) is 0 Å². The van der Waals surface area contributed by atoms with Gasteiger partial charge in [-0.1, -0.05) is 46.9 Å². The Labute approximate surface area is 193 Å². The maximum atomic E-state index is 12.2. The fourth-order valence-electron chi connectivity index (χ4n) is 2.36. The van der Waals surface area contributed by atoms with Crippen LogP contribution in [0.2, 0.25) is 15.1 Å². The molecule has 9 heteroatoms. The van der Waals surface area contributed by atoms with E-state index in [9.17, 15) is 9.59 Å². The van der Waals surface area contributed by atoms with Gasteiger partial charge in [-0.25, -0.2) is 10.2 Å². The molecule has 0 radical (unpaired) electrons. The standard InChI is InChI=1S/C22H15Cl3N2O4/c23-15-7-10-17(19(25)11-15)22(29)31-16-8-5-14(6-9-16)12-26-27-21(28)13-30-20-4-2-1-3-18(20)24/h1-12H,13H2,(H,27,28)/b26-12+. The first kappa shape index (κ1) is 22.6. The van der Waals surface area contributed by atoms with Crippen molar-refractivity contribution in [1.82, 2.24) is 5.43 Å². The largest absolute Gasteiger partial charge is 0.482 e. The first-order valence-corrected chi connectivity index (χ1v) is 10.0. The van der Waals surface area contributed by atoms with E-state index in [0.717, 1.165) is 0 Å². The molecule has 1 N–H and O–H groups in total. The average Bonchev–Trinajstić information content (AvgIpc) is 2.74. The molecule has 0 saturated carbocycles. The van der Waals surface area contributed by atoms with Crippen molar-refractivity contribution in [3.8, 4) is 11.5 Å². The number of carbonyl (C=O) groups excluding carboxylic acids is 2. The number of carbonyl (C=O) groups is 2. The second-order valence-corrected chi connectivity index (χ2v) is 7.35. The molecule has 31 heavy (non-hydrogen) atoms. The maximum Gasteiger partial charge on any atom is 0.345 e. The van der Waals surface area contributed by atoms with Gasteiger partial charge in [-0.2, -0.15) is 5.10 Å². The van der Waals surface area contributed by atoms with Gasteiger partial charge in [0.2, 0.25) is 0 Å². The molecule has 0 bridgehead atoms. The molecule has 3 aromatic rings. The number of nitrogens with zero attached hydrogens (tertiary/aromatic N) is 1. The second-order valence-electron chi connectivity index (χ2n) is 6.09. The average molecular weight is 478 g/mol. The highest BCUT2D eigenvalue weighted by atomic mass is 35.5. The van der Waals surface area contributed by atoms with Crippen LogP contribution in [0.25, 0.3) is 0 Å². The number of esters is 1. The Hall–Kier alpha value is -3.06. The van der Waals surface area contributed by atoms with E-state index >= 15 is 0 Å². The number of hydrazone groups is 1. The van der Waals surface area contributed by atoms with Crippen molar-refractivity contribution in [3.05, 3.63) is 92.9 Å². The van der Waals surface area contributed by atoms with Gasteiger partial charge in [0.05, 0.1) is 21.8 Å². The molecule has 0 spiro atoms. The molecule has 0 aliphatic heterocycles. The molecule has 0 atom stereocenters. The van der Waals surface area contributed by atoms with Crippen LogP contribution in [0, 0.1) is 0 Å². The number of ether oxygens (including phenoxy) is 2. The Morgan fingerprint density at radius 2 is 1.68 bits per heavy atom. The molecular formula is C22H15Cl3N2O4. The smallest absolute Gasteiger partial charge is 0.345 e. The molecule has 0 aromatic heterocycles. The molecule has 3 rings (SSSR count). The van der Waals surface area contributed by atoms with Gasteiger partial charge in [0.15, 0.2) is 6.61 Å². The summed E-state index contributed by atoms with van der Waals surface area (Å²) in [7, 11) is 0. The molecule has 3 aromatic carbocycles. The lowest BCUT2D eigenvalue weighted by Gasteiger charge is -2.07. The number of nitrogens with one attached hydrogen (secondary N) is 1. The van der Waals surface area contributed by atoms with Gasteiger partial charge in [-0.05, 0) is 60.2 Å². The van der Waals surface area contributed by atoms with Crippen LogP contribution >= 0.6 is 34.8 Å². The maximum absolute atomic E-state index is 12.2. The quantitative estimate of drug-likeness (QED) is 0.214. The highest BCUT2D eigenvalue weighted by molar-refractivity contribution is 6.36. The zero-order chi connectivity index (χ0) is 22.2. The normalized spacial score (nSPS) is 10.7. The van der Waals surface area contributed by atoms with Crippen LogP contribution < -0.4 is 14.9 Å². The van der Waals surface area contributed by atoms with Crippen molar-refractivity contribution in [2.24, 2.45) is 5.10 Å². The molecule has 0 saturated heterocycles. The summed E-state index contributed by atoms with van der Waals surface area (Å²) in [5, 5.41) is 4.90. The third kappa shape index (κ3) is 6.72. The summed E-state index contributed by atoms with van der Waals surface area (Å²) in [5.74, 6) is -0.311.